The Hall–Kier alpha value is -3.12. The van der Waals surface area contributed by atoms with Gasteiger partial charge >= 0.3 is 0 Å². The normalized spacial score (nSPS) is 11.4. The molecule has 26 heavy (non-hydrogen) atoms. The molecule has 3 N–H and O–H groups in total. The number of thiophene rings is 1. The molecule has 132 valence electrons. The summed E-state index contributed by atoms with van der Waals surface area (Å²) in [5.41, 5.74) is 7.28. The van der Waals surface area contributed by atoms with Crippen LogP contribution >= 0.6 is 11.3 Å². The maximum Gasteiger partial charge on any atom is 0.262 e. The Morgan fingerprint density at radius 3 is 2.23 bits per heavy atom. The van der Waals surface area contributed by atoms with Crippen molar-refractivity contribution in [3.05, 3.63) is 88.6 Å². The van der Waals surface area contributed by atoms with Crippen molar-refractivity contribution in [2.24, 2.45) is 0 Å². The molecule has 5 nitrogen and oxygen atoms in total. The maximum atomic E-state index is 12.6. The van der Waals surface area contributed by atoms with Crippen LogP contribution in [0.1, 0.15) is 15.2 Å². The highest BCUT2D eigenvalue weighted by atomic mass is 32.1. The van der Waals surface area contributed by atoms with Gasteiger partial charge in [-0.15, -0.1) is 11.3 Å². The molecule has 0 radical (unpaired) electrons. The Bertz CT molecular complexity index is 836. The van der Waals surface area contributed by atoms with Gasteiger partial charge in [-0.1, -0.05) is 54.6 Å². The van der Waals surface area contributed by atoms with Crippen molar-refractivity contribution in [2.75, 3.05) is 5.43 Å². The molecule has 0 aliphatic carbocycles. The first-order valence-electron chi connectivity index (χ1n) is 8.21. The quantitative estimate of drug-likeness (QED) is 0.563. The highest BCUT2D eigenvalue weighted by Crippen LogP contribution is 2.10. The molecule has 3 aromatic rings. The SMILES string of the molecule is O=C(NC(Cc1ccccc1)C(=O)NNc1ccccc1)c1cccs1. The Kier molecular flexibility index (Phi) is 6.01. The fraction of sp³-hybridized carbons (Fsp3) is 0.100. The van der Waals surface area contributed by atoms with E-state index in [0.29, 0.717) is 11.3 Å². The van der Waals surface area contributed by atoms with Crippen LogP contribution in [0.25, 0.3) is 0 Å². The first kappa shape index (κ1) is 17.7. The lowest BCUT2D eigenvalue weighted by Crippen LogP contribution is -2.49. The number of hydrogen-bond donors (Lipinski definition) is 3. The molecule has 6 heteroatoms. The fourth-order valence-corrected chi connectivity index (χ4v) is 3.07. The first-order chi connectivity index (χ1) is 12.7. The molecule has 1 unspecified atom stereocenters. The van der Waals surface area contributed by atoms with Crippen molar-refractivity contribution in [2.45, 2.75) is 12.5 Å². The third-order valence-corrected chi connectivity index (χ3v) is 4.62. The first-order valence-corrected chi connectivity index (χ1v) is 9.09. The average Bonchev–Trinajstić information content (AvgIpc) is 3.22. The van der Waals surface area contributed by atoms with Gasteiger partial charge in [-0.3, -0.25) is 20.4 Å². The van der Waals surface area contributed by atoms with Gasteiger partial charge in [0.25, 0.3) is 11.8 Å². The number of hydrogen-bond acceptors (Lipinski definition) is 4. The third kappa shape index (κ3) is 4.94. The number of carbonyl (C=O) groups excluding carboxylic acids is 2. The molecule has 1 atom stereocenters. The Morgan fingerprint density at radius 1 is 0.885 bits per heavy atom. The van der Waals surface area contributed by atoms with Crippen LogP contribution in [0.15, 0.2) is 78.2 Å². The number of benzene rings is 2. The molecule has 3 rings (SSSR count). The van der Waals surface area contributed by atoms with Gasteiger partial charge in [-0.2, -0.15) is 0 Å². The van der Waals surface area contributed by atoms with E-state index in [2.05, 4.69) is 16.2 Å². The number of anilines is 1. The average molecular weight is 365 g/mol. The second-order valence-electron chi connectivity index (χ2n) is 5.67. The van der Waals surface area contributed by atoms with Crippen LogP contribution in [0.3, 0.4) is 0 Å². The summed E-state index contributed by atoms with van der Waals surface area (Å²) in [5.74, 6) is -0.557. The van der Waals surface area contributed by atoms with Crippen molar-refractivity contribution in [1.29, 1.82) is 0 Å². The monoisotopic (exact) mass is 365 g/mol. The number of amides is 2. The topological polar surface area (TPSA) is 70.2 Å². The molecule has 0 saturated heterocycles. The Morgan fingerprint density at radius 2 is 1.58 bits per heavy atom. The molecule has 0 bridgehead atoms. The van der Waals surface area contributed by atoms with Gasteiger partial charge in [-0.25, -0.2) is 0 Å². The van der Waals surface area contributed by atoms with Crippen molar-refractivity contribution in [1.82, 2.24) is 10.7 Å². The molecule has 2 aromatic carbocycles. The summed E-state index contributed by atoms with van der Waals surface area (Å²) in [7, 11) is 0. The van der Waals surface area contributed by atoms with Gasteiger partial charge < -0.3 is 5.32 Å². The van der Waals surface area contributed by atoms with E-state index in [4.69, 9.17) is 0 Å². The fourth-order valence-electron chi connectivity index (χ4n) is 2.44. The molecule has 2 amide bonds. The number of rotatable bonds is 7. The lowest BCUT2D eigenvalue weighted by molar-refractivity contribution is -0.122. The highest BCUT2D eigenvalue weighted by Gasteiger charge is 2.22. The van der Waals surface area contributed by atoms with Gasteiger partial charge in [0.05, 0.1) is 10.6 Å². The van der Waals surface area contributed by atoms with Crippen molar-refractivity contribution >= 4 is 28.8 Å². The summed E-state index contributed by atoms with van der Waals surface area (Å²) < 4.78 is 0. The molecular formula is C20H19N3O2S. The van der Waals surface area contributed by atoms with Gasteiger partial charge in [0, 0.05) is 6.42 Å². The van der Waals surface area contributed by atoms with E-state index in [-0.39, 0.29) is 11.8 Å². The van der Waals surface area contributed by atoms with Gasteiger partial charge in [-0.05, 0) is 29.1 Å². The van der Waals surface area contributed by atoms with Gasteiger partial charge in [0.2, 0.25) is 0 Å². The molecule has 0 aliphatic rings. The second kappa shape index (κ2) is 8.82. The number of para-hydroxylation sites is 1. The van der Waals surface area contributed by atoms with E-state index in [9.17, 15) is 9.59 Å². The summed E-state index contributed by atoms with van der Waals surface area (Å²) in [6.45, 7) is 0. The highest BCUT2D eigenvalue weighted by molar-refractivity contribution is 7.12. The summed E-state index contributed by atoms with van der Waals surface area (Å²) >= 11 is 1.34. The molecule has 0 aliphatic heterocycles. The predicted molar refractivity (Wildman–Crippen MR) is 104 cm³/mol. The van der Waals surface area contributed by atoms with Crippen LogP contribution in [-0.4, -0.2) is 17.9 Å². The Balaban J connectivity index is 1.68. The summed E-state index contributed by atoms with van der Waals surface area (Å²) in [6.07, 6.45) is 0.403. The van der Waals surface area contributed by atoms with Crippen LogP contribution < -0.4 is 16.2 Å². The van der Waals surface area contributed by atoms with E-state index in [1.54, 1.807) is 6.07 Å². The summed E-state index contributed by atoms with van der Waals surface area (Å²) in [4.78, 5) is 25.6. The van der Waals surface area contributed by atoms with Crippen molar-refractivity contribution in [3.8, 4) is 0 Å². The zero-order chi connectivity index (χ0) is 18.2. The van der Waals surface area contributed by atoms with Crippen LogP contribution in [0, 0.1) is 0 Å². The zero-order valence-corrected chi connectivity index (χ0v) is 14.8. The van der Waals surface area contributed by atoms with Crippen molar-refractivity contribution in [3.63, 3.8) is 0 Å². The third-order valence-electron chi connectivity index (χ3n) is 3.75. The maximum absolute atomic E-state index is 12.6. The second-order valence-corrected chi connectivity index (χ2v) is 6.62. The molecule has 0 saturated carbocycles. The van der Waals surface area contributed by atoms with Crippen LogP contribution in [-0.2, 0) is 11.2 Å². The summed E-state index contributed by atoms with van der Waals surface area (Å²) in [5, 5.41) is 4.65. The van der Waals surface area contributed by atoms with E-state index < -0.39 is 6.04 Å². The molecule has 0 spiro atoms. The molecular weight excluding hydrogens is 346 g/mol. The molecule has 1 aromatic heterocycles. The lowest BCUT2D eigenvalue weighted by Gasteiger charge is -2.19. The van der Waals surface area contributed by atoms with E-state index >= 15 is 0 Å². The minimum Gasteiger partial charge on any atom is -0.339 e. The predicted octanol–water partition coefficient (Wildman–Crippen LogP) is 3.23. The number of nitrogens with one attached hydrogen (secondary N) is 3. The molecule has 0 fully saturated rings. The lowest BCUT2D eigenvalue weighted by atomic mass is 10.1. The summed E-state index contributed by atoms with van der Waals surface area (Å²) in [6, 6.07) is 21.8. The number of hydrazine groups is 1. The Labute approximate surface area is 156 Å². The van der Waals surface area contributed by atoms with Crippen LogP contribution in [0.4, 0.5) is 5.69 Å². The van der Waals surface area contributed by atoms with Gasteiger partial charge in [0.15, 0.2) is 0 Å². The van der Waals surface area contributed by atoms with E-state index in [0.717, 1.165) is 11.3 Å². The standard InChI is InChI=1S/C20H19N3O2S/c24-19(23-22-16-10-5-2-6-11-16)17(14-15-8-3-1-4-9-15)21-20(25)18-12-7-13-26-18/h1-13,17,22H,14H2,(H,21,25)(H,23,24). The smallest absolute Gasteiger partial charge is 0.262 e. The minimum absolute atomic E-state index is 0.254. The molecule has 1 heterocycles. The minimum atomic E-state index is -0.691. The zero-order valence-electron chi connectivity index (χ0n) is 14.0. The van der Waals surface area contributed by atoms with E-state index in [1.165, 1.54) is 11.3 Å². The number of carbonyl (C=O) groups is 2. The van der Waals surface area contributed by atoms with Gasteiger partial charge in [0.1, 0.15) is 6.04 Å². The van der Waals surface area contributed by atoms with Crippen LogP contribution in [0.5, 0.6) is 0 Å². The van der Waals surface area contributed by atoms with E-state index in [1.807, 2.05) is 72.1 Å². The van der Waals surface area contributed by atoms with Crippen molar-refractivity contribution < 1.29 is 9.59 Å². The van der Waals surface area contributed by atoms with Crippen LogP contribution in [0.2, 0.25) is 0 Å². The largest absolute Gasteiger partial charge is 0.339 e.